The first-order valence-corrected chi connectivity index (χ1v) is 8.30. The van der Waals surface area contributed by atoms with Crippen molar-refractivity contribution in [3.05, 3.63) is 23.2 Å². The fourth-order valence-electron chi connectivity index (χ4n) is 3.16. The molecule has 3 rings (SSSR count). The maximum atomic E-state index is 12.5. The minimum atomic E-state index is -3.24. The van der Waals surface area contributed by atoms with E-state index in [9.17, 15) is 8.42 Å². The summed E-state index contributed by atoms with van der Waals surface area (Å²) in [5, 5.41) is 3.78. The number of rotatable bonds is 0. The number of halogens is 1. The molecule has 0 aromatic heterocycles. The molecule has 0 unspecified atom stereocenters. The van der Waals surface area contributed by atoms with E-state index < -0.39 is 9.84 Å². The summed E-state index contributed by atoms with van der Waals surface area (Å²) in [5.74, 6) is 0.250. The SMILES string of the molecule is O=S1(=O)CC2(CCCC2)CNc2ccc(Cl)cc21. The number of benzene rings is 1. The highest BCUT2D eigenvalue weighted by Gasteiger charge is 2.41. The molecule has 1 aromatic carbocycles. The number of sulfone groups is 1. The Morgan fingerprint density at radius 3 is 2.67 bits per heavy atom. The Morgan fingerprint density at radius 2 is 1.94 bits per heavy atom. The van der Waals surface area contributed by atoms with Gasteiger partial charge in [0.15, 0.2) is 9.84 Å². The molecule has 1 saturated carbocycles. The van der Waals surface area contributed by atoms with Crippen LogP contribution < -0.4 is 5.32 Å². The van der Waals surface area contributed by atoms with Crippen molar-refractivity contribution in [3.63, 3.8) is 0 Å². The average Bonchev–Trinajstić information content (AvgIpc) is 2.71. The summed E-state index contributed by atoms with van der Waals surface area (Å²) >= 11 is 5.92. The number of hydrogen-bond acceptors (Lipinski definition) is 3. The zero-order valence-corrected chi connectivity index (χ0v) is 11.6. The van der Waals surface area contributed by atoms with E-state index in [0.29, 0.717) is 15.6 Å². The Balaban J connectivity index is 2.08. The molecule has 1 aromatic rings. The van der Waals surface area contributed by atoms with Crippen molar-refractivity contribution >= 4 is 27.1 Å². The van der Waals surface area contributed by atoms with Crippen LogP contribution >= 0.6 is 11.6 Å². The van der Waals surface area contributed by atoms with E-state index in [1.165, 1.54) is 0 Å². The lowest BCUT2D eigenvalue weighted by molar-refractivity contribution is 0.365. The molecule has 1 fully saturated rings. The number of nitrogens with one attached hydrogen (secondary N) is 1. The third-order valence-electron chi connectivity index (χ3n) is 4.09. The zero-order valence-electron chi connectivity index (χ0n) is 10.1. The van der Waals surface area contributed by atoms with Crippen molar-refractivity contribution in [1.29, 1.82) is 0 Å². The Kier molecular flexibility index (Phi) is 2.83. The summed E-state index contributed by atoms with van der Waals surface area (Å²) in [4.78, 5) is 0.360. The van der Waals surface area contributed by atoms with E-state index in [2.05, 4.69) is 5.32 Å². The van der Waals surface area contributed by atoms with Gasteiger partial charge in [0.1, 0.15) is 0 Å². The van der Waals surface area contributed by atoms with Crippen LogP contribution in [0.25, 0.3) is 0 Å². The second-order valence-electron chi connectivity index (χ2n) is 5.46. The molecule has 0 saturated heterocycles. The van der Waals surface area contributed by atoms with Crippen molar-refractivity contribution in [1.82, 2.24) is 0 Å². The van der Waals surface area contributed by atoms with Crippen LogP contribution in [0.2, 0.25) is 5.02 Å². The molecule has 3 nitrogen and oxygen atoms in total. The predicted molar refractivity (Wildman–Crippen MR) is 72.9 cm³/mol. The predicted octanol–water partition coefficient (Wildman–Crippen LogP) is 3.10. The number of anilines is 1. The van der Waals surface area contributed by atoms with Crippen molar-refractivity contribution in [3.8, 4) is 0 Å². The van der Waals surface area contributed by atoms with Crippen LogP contribution in [0.15, 0.2) is 23.1 Å². The molecule has 1 heterocycles. The molecule has 0 radical (unpaired) electrons. The largest absolute Gasteiger partial charge is 0.383 e. The lowest BCUT2D eigenvalue weighted by Crippen LogP contribution is -2.31. The summed E-state index contributed by atoms with van der Waals surface area (Å²) in [6.45, 7) is 0.751. The third-order valence-corrected chi connectivity index (χ3v) is 6.33. The van der Waals surface area contributed by atoms with Gasteiger partial charge in [0.25, 0.3) is 0 Å². The van der Waals surface area contributed by atoms with Gasteiger partial charge < -0.3 is 5.32 Å². The molecule has 0 bridgehead atoms. The monoisotopic (exact) mass is 285 g/mol. The Hall–Kier alpha value is -0.740. The fourth-order valence-corrected chi connectivity index (χ4v) is 5.53. The summed E-state index contributed by atoms with van der Waals surface area (Å²) in [7, 11) is -3.24. The van der Waals surface area contributed by atoms with Crippen molar-refractivity contribution in [2.75, 3.05) is 17.6 Å². The van der Waals surface area contributed by atoms with Crippen LogP contribution in [0.3, 0.4) is 0 Å². The van der Waals surface area contributed by atoms with Gasteiger partial charge in [0.2, 0.25) is 0 Å². The molecule has 5 heteroatoms. The minimum Gasteiger partial charge on any atom is -0.383 e. The number of fused-ring (bicyclic) bond motifs is 1. The highest BCUT2D eigenvalue weighted by molar-refractivity contribution is 7.91. The molecule has 98 valence electrons. The maximum absolute atomic E-state index is 12.5. The van der Waals surface area contributed by atoms with Crippen LogP contribution in [-0.2, 0) is 9.84 Å². The van der Waals surface area contributed by atoms with E-state index in [1.54, 1.807) is 18.2 Å². The lowest BCUT2D eigenvalue weighted by atomic mass is 9.88. The lowest BCUT2D eigenvalue weighted by Gasteiger charge is -2.26. The fraction of sp³-hybridized carbons (Fsp3) is 0.538. The standard InChI is InChI=1S/C13H16ClNO2S/c14-10-3-4-11-12(7-10)18(16,17)9-13(8-15-11)5-1-2-6-13/h3-4,7,15H,1-2,5-6,8-9H2. The van der Waals surface area contributed by atoms with Gasteiger partial charge in [-0.1, -0.05) is 24.4 Å². The van der Waals surface area contributed by atoms with Crippen LogP contribution in [0.4, 0.5) is 5.69 Å². The Morgan fingerprint density at radius 1 is 1.22 bits per heavy atom. The van der Waals surface area contributed by atoms with Gasteiger partial charge in [-0.05, 0) is 31.0 Å². The minimum absolute atomic E-state index is 0.0790. The molecule has 0 amide bonds. The van der Waals surface area contributed by atoms with E-state index in [1.807, 2.05) is 0 Å². The van der Waals surface area contributed by atoms with Gasteiger partial charge in [0, 0.05) is 17.0 Å². The van der Waals surface area contributed by atoms with Crippen molar-refractivity contribution in [2.24, 2.45) is 5.41 Å². The summed E-state index contributed by atoms with van der Waals surface area (Å²) in [6, 6.07) is 5.06. The van der Waals surface area contributed by atoms with Crippen molar-refractivity contribution < 1.29 is 8.42 Å². The Bertz CT molecular complexity index is 577. The first kappa shape index (κ1) is 12.3. The molecule has 2 aliphatic rings. The molecule has 1 aliphatic heterocycles. The van der Waals surface area contributed by atoms with Crippen LogP contribution in [-0.4, -0.2) is 20.7 Å². The quantitative estimate of drug-likeness (QED) is 0.797. The smallest absolute Gasteiger partial charge is 0.181 e. The van der Waals surface area contributed by atoms with Gasteiger partial charge >= 0.3 is 0 Å². The molecule has 0 atom stereocenters. The Labute approximate surface area is 112 Å². The van der Waals surface area contributed by atoms with Gasteiger partial charge in [-0.15, -0.1) is 0 Å². The maximum Gasteiger partial charge on any atom is 0.181 e. The van der Waals surface area contributed by atoms with E-state index in [-0.39, 0.29) is 11.2 Å². The van der Waals surface area contributed by atoms with Gasteiger partial charge in [0.05, 0.1) is 16.3 Å². The van der Waals surface area contributed by atoms with Crippen LogP contribution in [0.5, 0.6) is 0 Å². The van der Waals surface area contributed by atoms with Gasteiger partial charge in [-0.25, -0.2) is 8.42 Å². The topological polar surface area (TPSA) is 46.2 Å². The number of hydrogen-bond donors (Lipinski definition) is 1. The highest BCUT2D eigenvalue weighted by Crippen LogP contribution is 2.43. The third kappa shape index (κ3) is 2.01. The van der Waals surface area contributed by atoms with Crippen LogP contribution in [0, 0.1) is 5.41 Å². The van der Waals surface area contributed by atoms with Gasteiger partial charge in [-0.2, -0.15) is 0 Å². The molecular formula is C13H16ClNO2S. The molecule has 1 N–H and O–H groups in total. The molecule has 18 heavy (non-hydrogen) atoms. The first-order valence-electron chi connectivity index (χ1n) is 6.27. The van der Waals surface area contributed by atoms with Gasteiger partial charge in [-0.3, -0.25) is 0 Å². The molecular weight excluding hydrogens is 270 g/mol. The average molecular weight is 286 g/mol. The van der Waals surface area contributed by atoms with E-state index >= 15 is 0 Å². The van der Waals surface area contributed by atoms with E-state index in [4.69, 9.17) is 11.6 Å². The molecule has 1 spiro atoms. The normalized spacial score (nSPS) is 24.3. The highest BCUT2D eigenvalue weighted by atomic mass is 35.5. The summed E-state index contributed by atoms with van der Waals surface area (Å²) < 4.78 is 25.0. The summed E-state index contributed by atoms with van der Waals surface area (Å²) in [6.07, 6.45) is 4.27. The van der Waals surface area contributed by atoms with Crippen molar-refractivity contribution in [2.45, 2.75) is 30.6 Å². The second-order valence-corrected chi connectivity index (χ2v) is 7.85. The summed E-state index contributed by atoms with van der Waals surface area (Å²) in [5.41, 5.74) is 0.618. The van der Waals surface area contributed by atoms with E-state index in [0.717, 1.165) is 32.2 Å². The molecule has 1 aliphatic carbocycles. The second kappa shape index (κ2) is 4.14. The zero-order chi connectivity index (χ0) is 12.8. The van der Waals surface area contributed by atoms with Crippen LogP contribution in [0.1, 0.15) is 25.7 Å². The first-order chi connectivity index (χ1) is 8.51.